The van der Waals surface area contributed by atoms with Crippen molar-refractivity contribution in [2.24, 2.45) is 0 Å². The molecule has 1 heterocycles. The number of alkyl halides is 4. The van der Waals surface area contributed by atoms with Crippen LogP contribution < -0.4 is 0 Å². The van der Waals surface area contributed by atoms with Crippen LogP contribution in [0.5, 0.6) is 0 Å². The van der Waals surface area contributed by atoms with E-state index in [0.717, 1.165) is 6.08 Å². The van der Waals surface area contributed by atoms with Gasteiger partial charge < -0.3 is 4.74 Å². The van der Waals surface area contributed by atoms with Crippen LogP contribution in [0.2, 0.25) is 0 Å². The van der Waals surface area contributed by atoms with Crippen LogP contribution in [0.25, 0.3) is 6.08 Å². The molecule has 1 atom stereocenters. The average Bonchev–Trinajstić information content (AvgIpc) is 2.32. The van der Waals surface area contributed by atoms with Crippen LogP contribution in [0.3, 0.4) is 0 Å². The molecule has 96 valence electrons. The Morgan fingerprint density at radius 1 is 1.06 bits per heavy atom. The largest absolute Gasteiger partial charge is 0.487 e. The zero-order chi connectivity index (χ0) is 13.2. The van der Waals surface area contributed by atoms with Crippen molar-refractivity contribution in [3.8, 4) is 0 Å². The van der Waals surface area contributed by atoms with E-state index in [2.05, 4.69) is 4.74 Å². The molecule has 0 saturated heterocycles. The van der Waals surface area contributed by atoms with E-state index < -0.39 is 17.9 Å². The zero-order valence-corrected chi connectivity index (χ0v) is 9.19. The molecule has 18 heavy (non-hydrogen) atoms. The molecule has 1 nitrogen and oxygen atoms in total. The van der Waals surface area contributed by atoms with E-state index >= 15 is 0 Å². The highest BCUT2D eigenvalue weighted by molar-refractivity contribution is 5.49. The first kappa shape index (κ1) is 12.7. The summed E-state index contributed by atoms with van der Waals surface area (Å²) < 4.78 is 57.3. The smallest absolute Gasteiger partial charge is 0.353 e. The zero-order valence-electron chi connectivity index (χ0n) is 9.19. The molecule has 0 amide bonds. The molecule has 0 fully saturated rings. The topological polar surface area (TPSA) is 9.23 Å². The first-order valence-electron chi connectivity index (χ1n) is 5.25. The lowest BCUT2D eigenvalue weighted by molar-refractivity contribution is -0.231. The summed E-state index contributed by atoms with van der Waals surface area (Å²) in [5.41, 5.74) is 0.634. The van der Waals surface area contributed by atoms with Gasteiger partial charge in [0.2, 0.25) is 0 Å². The minimum Gasteiger partial charge on any atom is -0.487 e. The number of ether oxygens (including phenoxy) is 1. The second kappa shape index (κ2) is 4.48. The van der Waals surface area contributed by atoms with Crippen molar-refractivity contribution >= 4 is 6.08 Å². The van der Waals surface area contributed by atoms with Crippen molar-refractivity contribution in [2.45, 2.75) is 17.9 Å². The van der Waals surface area contributed by atoms with E-state index in [4.69, 9.17) is 0 Å². The first-order chi connectivity index (χ1) is 8.43. The molecular formula is C13H10F4O. The molecule has 1 unspecified atom stereocenters. The third-order valence-corrected chi connectivity index (χ3v) is 2.57. The van der Waals surface area contributed by atoms with Crippen molar-refractivity contribution in [1.82, 2.24) is 0 Å². The van der Waals surface area contributed by atoms with Crippen molar-refractivity contribution in [3.63, 3.8) is 0 Å². The lowest BCUT2D eigenvalue weighted by Crippen LogP contribution is -2.50. The van der Waals surface area contributed by atoms with Crippen LogP contribution in [0.1, 0.15) is 5.56 Å². The molecule has 0 aliphatic carbocycles. The SMILES string of the molecule is FC1(F)C=COC(/C=C/c2ccccc2)C1(F)F. The van der Waals surface area contributed by atoms with Crippen molar-refractivity contribution in [3.05, 3.63) is 54.3 Å². The summed E-state index contributed by atoms with van der Waals surface area (Å²) in [5, 5.41) is 0. The van der Waals surface area contributed by atoms with E-state index in [1.807, 2.05) is 0 Å². The molecule has 2 rings (SSSR count). The van der Waals surface area contributed by atoms with Gasteiger partial charge in [-0.1, -0.05) is 36.4 Å². The molecule has 0 bridgehead atoms. The molecule has 0 N–H and O–H groups in total. The molecule has 0 aromatic heterocycles. The monoisotopic (exact) mass is 258 g/mol. The van der Waals surface area contributed by atoms with Gasteiger partial charge >= 0.3 is 11.8 Å². The summed E-state index contributed by atoms with van der Waals surface area (Å²) in [6.07, 6.45) is 0.968. The number of rotatable bonds is 2. The summed E-state index contributed by atoms with van der Waals surface area (Å²) in [4.78, 5) is 0. The van der Waals surface area contributed by atoms with Gasteiger partial charge in [0.05, 0.1) is 6.26 Å². The predicted octanol–water partition coefficient (Wildman–Crippen LogP) is 3.88. The Labute approximate surface area is 101 Å². The maximum atomic E-state index is 13.4. The summed E-state index contributed by atoms with van der Waals surface area (Å²) in [5.74, 6) is -8.45. The lowest BCUT2D eigenvalue weighted by Gasteiger charge is -2.32. The second-order valence-corrected chi connectivity index (χ2v) is 3.88. The number of hydrogen-bond donors (Lipinski definition) is 0. The summed E-state index contributed by atoms with van der Waals surface area (Å²) >= 11 is 0. The summed E-state index contributed by atoms with van der Waals surface area (Å²) in [7, 11) is 0. The Kier molecular flexibility index (Phi) is 3.15. The van der Waals surface area contributed by atoms with Crippen LogP contribution in [0, 0.1) is 0 Å². The van der Waals surface area contributed by atoms with Gasteiger partial charge in [0, 0.05) is 6.08 Å². The standard InChI is InChI=1S/C13H10F4O/c14-12(15)8-9-18-11(13(12,16)17)7-6-10-4-2-1-3-5-10/h1-9,11H/b7-6+. The van der Waals surface area contributed by atoms with Crippen LogP contribution in [0.15, 0.2) is 48.7 Å². The summed E-state index contributed by atoms with van der Waals surface area (Å²) in [6.45, 7) is 0. The Bertz CT molecular complexity index is 465. The number of hydrogen-bond acceptors (Lipinski definition) is 1. The molecule has 1 aliphatic heterocycles. The van der Waals surface area contributed by atoms with Gasteiger partial charge in [0.25, 0.3) is 0 Å². The van der Waals surface area contributed by atoms with E-state index in [9.17, 15) is 17.6 Å². The van der Waals surface area contributed by atoms with Crippen molar-refractivity contribution in [2.75, 3.05) is 0 Å². The van der Waals surface area contributed by atoms with Gasteiger partial charge in [0.15, 0.2) is 6.10 Å². The van der Waals surface area contributed by atoms with Crippen molar-refractivity contribution in [1.29, 1.82) is 0 Å². The van der Waals surface area contributed by atoms with Gasteiger partial charge in [-0.3, -0.25) is 0 Å². The molecule has 1 aromatic carbocycles. The number of halogens is 4. The minimum absolute atomic E-state index is 0.0693. The average molecular weight is 258 g/mol. The fourth-order valence-electron chi connectivity index (χ4n) is 1.52. The Balaban J connectivity index is 2.20. The van der Waals surface area contributed by atoms with Crippen LogP contribution >= 0.6 is 0 Å². The molecule has 0 radical (unpaired) electrons. The van der Waals surface area contributed by atoms with Crippen LogP contribution in [0.4, 0.5) is 17.6 Å². The third-order valence-electron chi connectivity index (χ3n) is 2.57. The molecule has 1 aliphatic rings. The van der Waals surface area contributed by atoms with E-state index in [0.29, 0.717) is 11.8 Å². The molecule has 0 saturated carbocycles. The normalized spacial score (nSPS) is 25.0. The Morgan fingerprint density at radius 2 is 1.72 bits per heavy atom. The number of allylic oxidation sites excluding steroid dienone is 1. The van der Waals surface area contributed by atoms with Crippen LogP contribution in [-0.4, -0.2) is 17.9 Å². The molecule has 1 aromatic rings. The third kappa shape index (κ3) is 2.25. The van der Waals surface area contributed by atoms with Crippen molar-refractivity contribution < 1.29 is 22.3 Å². The second-order valence-electron chi connectivity index (χ2n) is 3.88. The van der Waals surface area contributed by atoms with Gasteiger partial charge in [0.1, 0.15) is 0 Å². The maximum absolute atomic E-state index is 13.4. The minimum atomic E-state index is -4.26. The fourth-order valence-corrected chi connectivity index (χ4v) is 1.52. The van der Waals surface area contributed by atoms with E-state index in [1.165, 1.54) is 6.08 Å². The van der Waals surface area contributed by atoms with Gasteiger partial charge in [-0.25, -0.2) is 0 Å². The first-order valence-corrected chi connectivity index (χ1v) is 5.25. The molecule has 5 heteroatoms. The highest BCUT2D eigenvalue weighted by atomic mass is 19.3. The molecular weight excluding hydrogens is 248 g/mol. The molecule has 0 spiro atoms. The Hall–Kier alpha value is -1.78. The summed E-state index contributed by atoms with van der Waals surface area (Å²) in [6, 6.07) is 8.54. The Morgan fingerprint density at radius 3 is 2.39 bits per heavy atom. The van der Waals surface area contributed by atoms with Crippen LogP contribution in [-0.2, 0) is 4.74 Å². The highest BCUT2D eigenvalue weighted by Gasteiger charge is 2.61. The fraction of sp³-hybridized carbons (Fsp3) is 0.231. The van der Waals surface area contributed by atoms with E-state index in [-0.39, 0.29) is 6.08 Å². The van der Waals surface area contributed by atoms with E-state index in [1.54, 1.807) is 30.3 Å². The quantitative estimate of drug-likeness (QED) is 0.731. The van der Waals surface area contributed by atoms with Gasteiger partial charge in [-0.2, -0.15) is 17.6 Å². The highest BCUT2D eigenvalue weighted by Crippen LogP contribution is 2.42. The predicted molar refractivity (Wildman–Crippen MR) is 59.4 cm³/mol. The lowest BCUT2D eigenvalue weighted by atomic mass is 10.0. The number of benzene rings is 1. The van der Waals surface area contributed by atoms with Gasteiger partial charge in [-0.15, -0.1) is 0 Å². The maximum Gasteiger partial charge on any atom is 0.353 e. The van der Waals surface area contributed by atoms with Gasteiger partial charge in [-0.05, 0) is 11.6 Å².